The molecule has 0 aromatic carbocycles. The van der Waals surface area contributed by atoms with Gasteiger partial charge in [-0.25, -0.2) is 13.4 Å². The molecule has 2 N–H and O–H groups in total. The molecule has 13 heteroatoms. The molecule has 3 fully saturated rings. The van der Waals surface area contributed by atoms with Crippen LogP contribution in [0.15, 0.2) is 28.0 Å². The van der Waals surface area contributed by atoms with Crippen LogP contribution in [0, 0.1) is 12.8 Å². The van der Waals surface area contributed by atoms with Crippen molar-refractivity contribution >= 4 is 67.5 Å². The first-order valence-electron chi connectivity index (χ1n) is 11.6. The Morgan fingerprint density at radius 3 is 2.58 bits per heavy atom. The zero-order chi connectivity index (χ0) is 25.8. The highest BCUT2D eigenvalue weighted by Gasteiger charge is 2.42. The van der Waals surface area contributed by atoms with Gasteiger partial charge in [-0.05, 0) is 43.9 Å². The lowest BCUT2D eigenvalue weighted by Gasteiger charge is -2.32. The van der Waals surface area contributed by atoms with Gasteiger partial charge < -0.3 is 10.6 Å². The number of hydrogen-bond donors (Lipinski definition) is 1. The number of thiocarbonyl (C=S) groups is 1. The number of piperidine rings is 1. The van der Waals surface area contributed by atoms with Crippen LogP contribution in [-0.2, 0) is 19.4 Å². The fraction of sp³-hybridized carbons (Fsp3) is 0.435. The Morgan fingerprint density at radius 1 is 1.22 bits per heavy atom. The number of carbonyl (C=O) groups excluding carboxylic acids is 2. The van der Waals surface area contributed by atoms with E-state index in [0.717, 1.165) is 17.3 Å². The molecule has 36 heavy (non-hydrogen) atoms. The van der Waals surface area contributed by atoms with Crippen molar-refractivity contribution in [3.8, 4) is 0 Å². The Bertz CT molecular complexity index is 1490. The Balaban J connectivity index is 1.57. The first-order chi connectivity index (χ1) is 17.0. The number of fused-ring (bicyclic) bond motifs is 1. The molecule has 5 rings (SSSR count). The minimum atomic E-state index is -3.21. The summed E-state index contributed by atoms with van der Waals surface area (Å²) in [7, 11) is -3.21. The molecule has 3 saturated heterocycles. The van der Waals surface area contributed by atoms with Crippen molar-refractivity contribution in [1.82, 2.24) is 14.3 Å². The number of aryl methyl sites for hydroxylation is 1. The minimum Gasteiger partial charge on any atom is -0.369 e. The lowest BCUT2D eigenvalue weighted by atomic mass is 9.96. The highest BCUT2D eigenvalue weighted by atomic mass is 32.2. The van der Waals surface area contributed by atoms with Crippen molar-refractivity contribution in [2.24, 2.45) is 11.7 Å². The number of aromatic nitrogens is 2. The van der Waals surface area contributed by atoms with Crippen LogP contribution in [0.2, 0.25) is 0 Å². The Hall–Kier alpha value is -2.77. The summed E-state index contributed by atoms with van der Waals surface area (Å²) < 4.78 is 25.7. The van der Waals surface area contributed by atoms with Crippen LogP contribution >= 0.6 is 24.0 Å². The molecule has 0 radical (unpaired) electrons. The van der Waals surface area contributed by atoms with Gasteiger partial charge in [0, 0.05) is 25.2 Å². The summed E-state index contributed by atoms with van der Waals surface area (Å²) in [4.78, 5) is 46.9. The van der Waals surface area contributed by atoms with Crippen molar-refractivity contribution in [2.45, 2.75) is 32.2 Å². The highest BCUT2D eigenvalue weighted by molar-refractivity contribution is 8.26. The summed E-state index contributed by atoms with van der Waals surface area (Å²) in [6, 6.07) is 3.13. The van der Waals surface area contributed by atoms with Gasteiger partial charge >= 0.3 is 0 Å². The average molecular weight is 548 g/mol. The molecule has 1 atom stereocenters. The van der Waals surface area contributed by atoms with E-state index in [-0.39, 0.29) is 43.7 Å². The first-order valence-corrected chi connectivity index (χ1v) is 14.6. The number of nitrogens with zero attached hydrogens (tertiary/aromatic N) is 4. The van der Waals surface area contributed by atoms with Crippen LogP contribution in [0.3, 0.4) is 0 Å². The van der Waals surface area contributed by atoms with Crippen LogP contribution in [0.5, 0.6) is 0 Å². The van der Waals surface area contributed by atoms with Crippen molar-refractivity contribution < 1.29 is 18.0 Å². The van der Waals surface area contributed by atoms with E-state index in [9.17, 15) is 22.8 Å². The number of hydrogen-bond acceptors (Lipinski definition) is 9. The molecule has 0 saturated carbocycles. The van der Waals surface area contributed by atoms with Gasteiger partial charge in [-0.1, -0.05) is 30.0 Å². The second kappa shape index (κ2) is 9.27. The predicted molar refractivity (Wildman–Crippen MR) is 142 cm³/mol. The van der Waals surface area contributed by atoms with Crippen molar-refractivity contribution in [1.29, 1.82) is 0 Å². The van der Waals surface area contributed by atoms with E-state index in [1.807, 2.05) is 17.9 Å². The Labute approximate surface area is 217 Å². The summed E-state index contributed by atoms with van der Waals surface area (Å²) in [5, 5.41) is 0. The molecule has 3 aliphatic heterocycles. The topological polar surface area (TPSA) is 135 Å². The molecule has 190 valence electrons. The van der Waals surface area contributed by atoms with E-state index in [0.29, 0.717) is 43.8 Å². The van der Waals surface area contributed by atoms with E-state index in [2.05, 4.69) is 0 Å². The van der Waals surface area contributed by atoms with Crippen LogP contribution in [0.1, 0.15) is 30.4 Å². The third kappa shape index (κ3) is 4.55. The summed E-state index contributed by atoms with van der Waals surface area (Å²) in [6.07, 6.45) is 4.63. The quantitative estimate of drug-likeness (QED) is 0.441. The number of sulfone groups is 1. The number of rotatable bonds is 4. The van der Waals surface area contributed by atoms with Crippen molar-refractivity contribution in [2.75, 3.05) is 29.5 Å². The van der Waals surface area contributed by atoms with Crippen LogP contribution in [0.25, 0.3) is 11.7 Å². The summed E-state index contributed by atoms with van der Waals surface area (Å²) in [5.41, 5.74) is 6.75. The second-order valence-electron chi connectivity index (χ2n) is 9.36. The van der Waals surface area contributed by atoms with Gasteiger partial charge in [0.1, 0.15) is 15.8 Å². The molecule has 0 spiro atoms. The molecule has 5 heterocycles. The summed E-state index contributed by atoms with van der Waals surface area (Å²) in [6.45, 7) is 2.85. The SMILES string of the molecule is Cc1ccc2nc(N3CCC(C(N)=O)CC3)c(/C=C3/SC(=S)N(C4CCS(=O)(=O)C4)C3=O)c(=O)n2c1. The maximum Gasteiger partial charge on any atom is 0.267 e. The first kappa shape index (κ1) is 24.9. The predicted octanol–water partition coefficient (Wildman–Crippen LogP) is 1.09. The maximum absolute atomic E-state index is 13.6. The molecule has 10 nitrogen and oxygen atoms in total. The van der Waals surface area contributed by atoms with Gasteiger partial charge in [-0.2, -0.15) is 0 Å². The second-order valence-corrected chi connectivity index (χ2v) is 13.3. The molecule has 2 amide bonds. The largest absolute Gasteiger partial charge is 0.369 e. The molecule has 2 aromatic heterocycles. The van der Waals surface area contributed by atoms with Gasteiger partial charge in [-0.15, -0.1) is 0 Å². The standard InChI is InChI=1S/C23H25N5O5S3/c1-13-2-3-18-25-20(26-7-4-14(5-8-26)19(24)29)16(21(30)27(18)11-13)10-17-22(31)28(23(34)35-17)15-6-9-36(32,33)12-15/h2-3,10-11,14-15H,4-9,12H2,1H3,(H2,24,29)/b17-10+. The van der Waals surface area contributed by atoms with Gasteiger partial charge in [0.15, 0.2) is 9.84 Å². The number of primary amides is 1. The Morgan fingerprint density at radius 2 is 1.94 bits per heavy atom. The lowest BCUT2D eigenvalue weighted by Crippen LogP contribution is -2.40. The molecular weight excluding hydrogens is 522 g/mol. The average Bonchev–Trinajstić information content (AvgIpc) is 3.32. The van der Waals surface area contributed by atoms with Crippen LogP contribution < -0.4 is 16.2 Å². The van der Waals surface area contributed by atoms with Gasteiger partial charge in [0.05, 0.1) is 28.0 Å². The monoisotopic (exact) mass is 547 g/mol. The van der Waals surface area contributed by atoms with E-state index in [4.69, 9.17) is 22.9 Å². The van der Waals surface area contributed by atoms with E-state index >= 15 is 0 Å². The number of amides is 2. The number of thioether (sulfide) groups is 1. The fourth-order valence-corrected chi connectivity index (χ4v) is 7.98. The molecule has 3 aliphatic rings. The highest BCUT2D eigenvalue weighted by Crippen LogP contribution is 2.37. The number of pyridine rings is 1. The number of anilines is 1. The number of nitrogens with two attached hydrogens (primary N) is 1. The van der Waals surface area contributed by atoms with E-state index in [1.54, 1.807) is 12.3 Å². The van der Waals surface area contributed by atoms with Gasteiger partial charge in [0.2, 0.25) is 5.91 Å². The zero-order valence-electron chi connectivity index (χ0n) is 19.5. The molecular formula is C23H25N5O5S3. The molecule has 0 bridgehead atoms. The number of carbonyl (C=O) groups is 2. The van der Waals surface area contributed by atoms with Crippen molar-refractivity contribution in [3.63, 3.8) is 0 Å². The molecule has 1 unspecified atom stereocenters. The van der Waals surface area contributed by atoms with Gasteiger partial charge in [0.25, 0.3) is 11.5 Å². The summed E-state index contributed by atoms with van der Waals surface area (Å²) >= 11 is 6.48. The smallest absolute Gasteiger partial charge is 0.267 e. The Kier molecular flexibility index (Phi) is 6.41. The van der Waals surface area contributed by atoms with Crippen molar-refractivity contribution in [3.05, 3.63) is 44.7 Å². The maximum atomic E-state index is 13.6. The third-order valence-corrected chi connectivity index (χ3v) is 9.94. The van der Waals surface area contributed by atoms with E-state index < -0.39 is 21.8 Å². The molecule has 2 aromatic rings. The summed E-state index contributed by atoms with van der Waals surface area (Å²) in [5.74, 6) is -0.636. The lowest BCUT2D eigenvalue weighted by molar-refractivity contribution is -0.123. The van der Waals surface area contributed by atoms with E-state index in [1.165, 1.54) is 15.4 Å². The third-order valence-electron chi connectivity index (χ3n) is 6.85. The zero-order valence-corrected chi connectivity index (χ0v) is 22.0. The molecule has 0 aliphatic carbocycles. The normalized spacial score (nSPS) is 23.8. The van der Waals surface area contributed by atoms with Gasteiger partial charge in [-0.3, -0.25) is 23.7 Å². The van der Waals surface area contributed by atoms with Crippen LogP contribution in [-0.4, -0.2) is 69.5 Å². The fourth-order valence-electron chi connectivity index (χ4n) is 4.89. The minimum absolute atomic E-state index is 0.0223. The van der Waals surface area contributed by atoms with Crippen LogP contribution in [0.4, 0.5) is 5.82 Å².